The molecular weight excluding hydrogens is 335 g/mol. The van der Waals surface area contributed by atoms with Gasteiger partial charge in [0.2, 0.25) is 0 Å². The van der Waals surface area contributed by atoms with E-state index in [0.717, 1.165) is 30.6 Å². The zero-order valence-corrected chi connectivity index (χ0v) is 14.4. The minimum Gasteiger partial charge on any atom is -0.494 e. The number of rotatable bonds is 3. The predicted molar refractivity (Wildman–Crippen MR) is 93.6 cm³/mol. The lowest BCUT2D eigenvalue weighted by atomic mass is 9.98. The van der Waals surface area contributed by atoms with E-state index in [2.05, 4.69) is 10.1 Å². The first-order valence-electron chi connectivity index (χ1n) is 8.62. The van der Waals surface area contributed by atoms with Crippen LogP contribution in [0.2, 0.25) is 0 Å². The number of ether oxygens (including phenoxy) is 1. The summed E-state index contributed by atoms with van der Waals surface area (Å²) in [6.45, 7) is 0.628. The Morgan fingerprint density at radius 3 is 2.96 bits per heavy atom. The van der Waals surface area contributed by atoms with Crippen molar-refractivity contribution in [1.82, 2.24) is 19.5 Å². The number of fused-ring (bicyclic) bond motifs is 1. The fraction of sp³-hybridized carbons (Fsp3) is 0.316. The highest BCUT2D eigenvalue weighted by Crippen LogP contribution is 2.32. The van der Waals surface area contributed by atoms with Crippen molar-refractivity contribution < 1.29 is 13.9 Å². The lowest BCUT2D eigenvalue weighted by Gasteiger charge is -2.35. The molecule has 0 bridgehead atoms. The van der Waals surface area contributed by atoms with Gasteiger partial charge in [0.15, 0.2) is 17.2 Å². The van der Waals surface area contributed by atoms with E-state index in [9.17, 15) is 9.18 Å². The molecule has 0 spiro atoms. The molecule has 0 unspecified atom stereocenters. The number of amides is 1. The summed E-state index contributed by atoms with van der Waals surface area (Å²) in [5, 5.41) is 4.15. The van der Waals surface area contributed by atoms with Gasteiger partial charge in [-0.1, -0.05) is 0 Å². The average Bonchev–Trinajstić information content (AvgIpc) is 3.15. The van der Waals surface area contributed by atoms with Crippen LogP contribution in [0.1, 0.15) is 41.4 Å². The van der Waals surface area contributed by atoms with Gasteiger partial charge in [0.1, 0.15) is 0 Å². The lowest BCUT2D eigenvalue weighted by molar-refractivity contribution is 0.0605. The number of carbonyl (C=O) groups is 1. The third-order valence-corrected chi connectivity index (χ3v) is 4.78. The number of aromatic nitrogens is 3. The number of methoxy groups -OCH3 is 1. The highest BCUT2D eigenvalue weighted by molar-refractivity contribution is 5.94. The second kappa shape index (κ2) is 6.74. The number of hydrogen-bond donors (Lipinski definition) is 0. The first kappa shape index (κ1) is 16.5. The molecule has 134 valence electrons. The molecular formula is C19H19FN4O2. The topological polar surface area (TPSA) is 59.7 Å². The fourth-order valence-corrected chi connectivity index (χ4v) is 3.46. The predicted octanol–water partition coefficient (Wildman–Crippen LogP) is 3.24. The van der Waals surface area contributed by atoms with Gasteiger partial charge < -0.3 is 9.64 Å². The maximum absolute atomic E-state index is 14.0. The Morgan fingerprint density at radius 2 is 2.15 bits per heavy atom. The van der Waals surface area contributed by atoms with Crippen molar-refractivity contribution in [2.24, 2.45) is 0 Å². The van der Waals surface area contributed by atoms with Gasteiger partial charge in [-0.15, -0.1) is 0 Å². The van der Waals surface area contributed by atoms with Gasteiger partial charge in [-0.3, -0.25) is 4.79 Å². The summed E-state index contributed by atoms with van der Waals surface area (Å²) in [6, 6.07) is 7.92. The molecule has 1 aliphatic rings. The third kappa shape index (κ3) is 2.89. The van der Waals surface area contributed by atoms with Crippen LogP contribution in [0.25, 0.3) is 5.65 Å². The van der Waals surface area contributed by atoms with E-state index in [1.807, 2.05) is 18.3 Å². The van der Waals surface area contributed by atoms with Crippen molar-refractivity contribution in [2.75, 3.05) is 13.7 Å². The molecule has 2 aromatic heterocycles. The Hall–Kier alpha value is -2.96. The average molecular weight is 354 g/mol. The summed E-state index contributed by atoms with van der Waals surface area (Å²) in [7, 11) is 1.40. The number of benzene rings is 1. The van der Waals surface area contributed by atoms with Crippen LogP contribution >= 0.6 is 0 Å². The van der Waals surface area contributed by atoms with E-state index in [0.29, 0.717) is 12.1 Å². The van der Waals surface area contributed by atoms with Gasteiger partial charge >= 0.3 is 0 Å². The van der Waals surface area contributed by atoms with Crippen LogP contribution < -0.4 is 4.74 Å². The highest BCUT2D eigenvalue weighted by Gasteiger charge is 2.30. The van der Waals surface area contributed by atoms with Crippen molar-refractivity contribution in [3.63, 3.8) is 0 Å². The van der Waals surface area contributed by atoms with Crippen LogP contribution in [0.3, 0.4) is 0 Å². The molecule has 1 amide bonds. The van der Waals surface area contributed by atoms with Crippen LogP contribution in [0.4, 0.5) is 4.39 Å². The van der Waals surface area contributed by atoms with Gasteiger partial charge in [0, 0.05) is 24.4 Å². The molecule has 1 saturated heterocycles. The number of piperidine rings is 1. The first-order valence-corrected chi connectivity index (χ1v) is 8.62. The van der Waals surface area contributed by atoms with E-state index in [1.54, 1.807) is 21.7 Å². The van der Waals surface area contributed by atoms with Crippen molar-refractivity contribution >= 4 is 11.6 Å². The summed E-state index contributed by atoms with van der Waals surface area (Å²) < 4.78 is 20.6. The van der Waals surface area contributed by atoms with E-state index < -0.39 is 5.82 Å². The molecule has 1 aromatic carbocycles. The van der Waals surface area contributed by atoms with Crippen molar-refractivity contribution in [1.29, 1.82) is 0 Å². The van der Waals surface area contributed by atoms with E-state index in [-0.39, 0.29) is 17.7 Å². The lowest BCUT2D eigenvalue weighted by Crippen LogP contribution is -2.39. The quantitative estimate of drug-likeness (QED) is 0.724. The molecule has 7 heteroatoms. The molecule has 26 heavy (non-hydrogen) atoms. The molecule has 1 aliphatic heterocycles. The summed E-state index contributed by atoms with van der Waals surface area (Å²) in [4.78, 5) is 19.5. The van der Waals surface area contributed by atoms with E-state index in [1.165, 1.54) is 19.2 Å². The largest absolute Gasteiger partial charge is 0.494 e. The first-order chi connectivity index (χ1) is 12.7. The van der Waals surface area contributed by atoms with Crippen molar-refractivity contribution in [3.05, 3.63) is 59.8 Å². The minimum absolute atomic E-state index is 0.124. The van der Waals surface area contributed by atoms with Gasteiger partial charge in [-0.05, 0) is 43.5 Å². The third-order valence-electron chi connectivity index (χ3n) is 4.78. The van der Waals surface area contributed by atoms with Crippen LogP contribution in [0.15, 0.2) is 42.7 Å². The number of likely N-dealkylation sites (tertiary alicyclic amines) is 1. The minimum atomic E-state index is -0.536. The summed E-state index contributed by atoms with van der Waals surface area (Å²) in [6.07, 6.45) is 6.33. The second-order valence-corrected chi connectivity index (χ2v) is 6.35. The van der Waals surface area contributed by atoms with Crippen LogP contribution in [0.5, 0.6) is 5.75 Å². The molecule has 0 radical (unpaired) electrons. The number of halogens is 1. The SMILES string of the molecule is COc1ccc(C(=O)N2CCCC[C@H]2c2ccn3nccc3n2)cc1F. The van der Waals surface area contributed by atoms with Gasteiger partial charge in [0.05, 0.1) is 25.0 Å². The number of hydrogen-bond acceptors (Lipinski definition) is 4. The molecule has 0 aliphatic carbocycles. The van der Waals surface area contributed by atoms with Crippen molar-refractivity contribution in [2.45, 2.75) is 25.3 Å². The monoisotopic (exact) mass is 354 g/mol. The Balaban J connectivity index is 1.66. The Kier molecular flexibility index (Phi) is 4.28. The Labute approximate surface area is 150 Å². The molecule has 1 atom stereocenters. The van der Waals surface area contributed by atoms with Crippen molar-refractivity contribution in [3.8, 4) is 5.75 Å². The zero-order chi connectivity index (χ0) is 18.1. The number of carbonyl (C=O) groups excluding carboxylic acids is 1. The van der Waals surface area contributed by atoms with Gasteiger partial charge in [0.25, 0.3) is 5.91 Å². The standard InChI is InChI=1S/C19H19FN4O2/c1-26-17-6-5-13(12-14(17)20)19(25)23-10-3-2-4-16(23)15-8-11-24-18(22-15)7-9-21-24/h5-9,11-12,16H,2-4,10H2,1H3/t16-/m0/s1. The summed E-state index contributed by atoms with van der Waals surface area (Å²) in [5.41, 5.74) is 1.90. The fourth-order valence-electron chi connectivity index (χ4n) is 3.46. The maximum atomic E-state index is 14.0. The van der Waals surface area contributed by atoms with Gasteiger partial charge in [-0.25, -0.2) is 13.9 Å². The highest BCUT2D eigenvalue weighted by atomic mass is 19.1. The molecule has 0 N–H and O–H groups in total. The molecule has 4 rings (SSSR count). The molecule has 3 aromatic rings. The Bertz CT molecular complexity index is 956. The molecule has 3 heterocycles. The maximum Gasteiger partial charge on any atom is 0.254 e. The molecule has 6 nitrogen and oxygen atoms in total. The van der Waals surface area contributed by atoms with Crippen LogP contribution in [-0.2, 0) is 0 Å². The van der Waals surface area contributed by atoms with Gasteiger partial charge in [-0.2, -0.15) is 5.10 Å². The molecule has 0 saturated carbocycles. The zero-order valence-electron chi connectivity index (χ0n) is 14.4. The summed E-state index contributed by atoms with van der Waals surface area (Å²) >= 11 is 0. The number of nitrogens with zero attached hydrogens (tertiary/aromatic N) is 4. The smallest absolute Gasteiger partial charge is 0.254 e. The van der Waals surface area contributed by atoms with E-state index >= 15 is 0 Å². The summed E-state index contributed by atoms with van der Waals surface area (Å²) in [5.74, 6) is -0.596. The van der Waals surface area contributed by atoms with Crippen LogP contribution in [0, 0.1) is 5.82 Å². The van der Waals surface area contributed by atoms with E-state index in [4.69, 9.17) is 4.74 Å². The second-order valence-electron chi connectivity index (χ2n) is 6.35. The van der Waals surface area contributed by atoms with Crippen LogP contribution in [-0.4, -0.2) is 39.1 Å². The molecule has 1 fully saturated rings. The normalized spacial score (nSPS) is 17.5. The Morgan fingerprint density at radius 1 is 1.27 bits per heavy atom.